The van der Waals surface area contributed by atoms with Crippen LogP contribution in [0.2, 0.25) is 0 Å². The number of rotatable bonds is 0. The molecule has 15 heavy (non-hydrogen) atoms. The molecule has 0 aliphatic carbocycles. The average Bonchev–Trinajstić information content (AvgIpc) is 2.73. The topological polar surface area (TPSA) is 12.9 Å². The number of benzene rings is 1. The van der Waals surface area contributed by atoms with E-state index in [9.17, 15) is 4.39 Å². The van der Waals surface area contributed by atoms with Crippen LogP contribution in [0, 0.1) is 24.6 Å². The Morgan fingerprint density at radius 1 is 1.33 bits per heavy atom. The Hall–Kier alpha value is -1.66. The number of halogens is 1. The highest BCUT2D eigenvalue weighted by molar-refractivity contribution is 7.10. The van der Waals surface area contributed by atoms with E-state index in [1.807, 2.05) is 6.07 Å². The van der Waals surface area contributed by atoms with Gasteiger partial charge in [0.15, 0.2) is 0 Å². The minimum Gasteiger partial charge on any atom is -0.252 e. The first kappa shape index (κ1) is 9.88. The average molecular weight is 217 g/mol. The zero-order valence-corrected chi connectivity index (χ0v) is 8.94. The normalized spacial score (nSPS) is 9.47. The van der Waals surface area contributed by atoms with E-state index < -0.39 is 0 Å². The standard InChI is InChI=1S/C12H8FNS/c1-9-2-3-10(6-12(9)13)4-5-11-7-14-8-15-11/h2-3,6-8H,1H3. The van der Waals surface area contributed by atoms with Crippen LogP contribution in [0.3, 0.4) is 0 Å². The molecule has 74 valence electrons. The molecule has 1 aromatic heterocycles. The fourth-order valence-corrected chi connectivity index (χ4v) is 1.55. The van der Waals surface area contributed by atoms with Crippen LogP contribution in [-0.4, -0.2) is 4.98 Å². The Morgan fingerprint density at radius 2 is 2.20 bits per heavy atom. The van der Waals surface area contributed by atoms with Crippen LogP contribution in [0.25, 0.3) is 0 Å². The monoisotopic (exact) mass is 217 g/mol. The Bertz CT molecular complexity index is 520. The summed E-state index contributed by atoms with van der Waals surface area (Å²) in [5, 5.41) is 0. The smallest absolute Gasteiger partial charge is 0.127 e. The Labute approximate surface area is 91.6 Å². The molecule has 1 nitrogen and oxygen atoms in total. The molecule has 0 N–H and O–H groups in total. The lowest BCUT2D eigenvalue weighted by Gasteiger charge is -1.95. The highest BCUT2D eigenvalue weighted by Crippen LogP contribution is 2.09. The van der Waals surface area contributed by atoms with Crippen LogP contribution >= 0.6 is 11.3 Å². The van der Waals surface area contributed by atoms with Gasteiger partial charge >= 0.3 is 0 Å². The van der Waals surface area contributed by atoms with Crippen molar-refractivity contribution >= 4 is 11.3 Å². The third kappa shape index (κ3) is 2.42. The highest BCUT2D eigenvalue weighted by Gasteiger charge is 1.96. The van der Waals surface area contributed by atoms with E-state index in [-0.39, 0.29) is 5.82 Å². The van der Waals surface area contributed by atoms with E-state index in [0.717, 1.165) is 4.88 Å². The summed E-state index contributed by atoms with van der Waals surface area (Å²) in [5.41, 5.74) is 3.05. The van der Waals surface area contributed by atoms with Gasteiger partial charge in [0.05, 0.1) is 16.6 Å². The second-order valence-electron chi connectivity index (χ2n) is 3.08. The van der Waals surface area contributed by atoms with Crippen molar-refractivity contribution < 1.29 is 4.39 Å². The maximum atomic E-state index is 13.2. The lowest BCUT2D eigenvalue weighted by molar-refractivity contribution is 0.618. The molecule has 0 radical (unpaired) electrons. The van der Waals surface area contributed by atoms with Gasteiger partial charge in [-0.05, 0) is 30.5 Å². The summed E-state index contributed by atoms with van der Waals surface area (Å²) in [6.45, 7) is 1.73. The zero-order valence-electron chi connectivity index (χ0n) is 8.12. The van der Waals surface area contributed by atoms with E-state index in [1.54, 1.807) is 24.7 Å². The number of aryl methyl sites for hydroxylation is 1. The molecule has 3 heteroatoms. The molecule has 0 saturated heterocycles. The number of aromatic nitrogens is 1. The summed E-state index contributed by atoms with van der Waals surface area (Å²) in [6.07, 6.45) is 1.70. The van der Waals surface area contributed by atoms with Crippen LogP contribution in [0.5, 0.6) is 0 Å². The maximum Gasteiger partial charge on any atom is 0.127 e. The van der Waals surface area contributed by atoms with Crippen LogP contribution in [0.1, 0.15) is 16.0 Å². The summed E-state index contributed by atoms with van der Waals surface area (Å²) in [6, 6.07) is 4.99. The van der Waals surface area contributed by atoms with E-state index in [0.29, 0.717) is 11.1 Å². The van der Waals surface area contributed by atoms with Crippen molar-refractivity contribution in [1.82, 2.24) is 4.98 Å². The highest BCUT2D eigenvalue weighted by atomic mass is 32.1. The Kier molecular flexibility index (Phi) is 2.79. The van der Waals surface area contributed by atoms with Crippen molar-refractivity contribution in [3.63, 3.8) is 0 Å². The summed E-state index contributed by atoms with van der Waals surface area (Å²) >= 11 is 1.47. The molecule has 0 fully saturated rings. The minimum atomic E-state index is -0.217. The van der Waals surface area contributed by atoms with Crippen LogP contribution in [0.15, 0.2) is 29.9 Å². The fraction of sp³-hybridized carbons (Fsp3) is 0.0833. The van der Waals surface area contributed by atoms with Crippen molar-refractivity contribution in [1.29, 1.82) is 0 Å². The molecule has 0 aliphatic heterocycles. The molecule has 2 aromatic rings. The van der Waals surface area contributed by atoms with Gasteiger partial charge in [-0.15, -0.1) is 11.3 Å². The second-order valence-corrected chi connectivity index (χ2v) is 3.97. The number of hydrogen-bond acceptors (Lipinski definition) is 2. The number of hydrogen-bond donors (Lipinski definition) is 0. The van der Waals surface area contributed by atoms with Gasteiger partial charge in [0.2, 0.25) is 0 Å². The van der Waals surface area contributed by atoms with Crippen molar-refractivity contribution in [2.75, 3.05) is 0 Å². The number of nitrogens with zero attached hydrogens (tertiary/aromatic N) is 1. The Balaban J connectivity index is 2.28. The lowest BCUT2D eigenvalue weighted by Crippen LogP contribution is -1.83. The molecular formula is C12H8FNS. The SMILES string of the molecule is Cc1ccc(C#Cc2cncs2)cc1F. The molecule has 0 bridgehead atoms. The summed E-state index contributed by atoms with van der Waals surface area (Å²) < 4.78 is 13.2. The quantitative estimate of drug-likeness (QED) is 0.618. The van der Waals surface area contributed by atoms with E-state index in [1.165, 1.54) is 17.4 Å². The molecule has 1 aromatic carbocycles. The van der Waals surface area contributed by atoms with Gasteiger partial charge in [0.1, 0.15) is 5.82 Å². The largest absolute Gasteiger partial charge is 0.252 e. The predicted octanol–water partition coefficient (Wildman–Crippen LogP) is 2.99. The molecule has 1 heterocycles. The van der Waals surface area contributed by atoms with Crippen molar-refractivity contribution in [3.05, 3.63) is 51.7 Å². The Morgan fingerprint density at radius 3 is 2.87 bits per heavy atom. The first-order valence-electron chi connectivity index (χ1n) is 4.42. The predicted molar refractivity (Wildman–Crippen MR) is 59.2 cm³/mol. The number of thiazole rings is 1. The second kappa shape index (κ2) is 4.24. The molecule has 0 atom stereocenters. The summed E-state index contributed by atoms with van der Waals surface area (Å²) in [4.78, 5) is 4.79. The van der Waals surface area contributed by atoms with Crippen molar-refractivity contribution in [3.8, 4) is 11.8 Å². The first-order chi connectivity index (χ1) is 7.25. The maximum absolute atomic E-state index is 13.2. The third-order valence-electron chi connectivity index (χ3n) is 1.93. The van der Waals surface area contributed by atoms with Crippen LogP contribution in [-0.2, 0) is 0 Å². The van der Waals surface area contributed by atoms with E-state index >= 15 is 0 Å². The molecule has 0 unspecified atom stereocenters. The molecule has 0 saturated carbocycles. The lowest BCUT2D eigenvalue weighted by atomic mass is 10.1. The molecule has 0 aliphatic rings. The third-order valence-corrected chi connectivity index (χ3v) is 2.62. The molecular weight excluding hydrogens is 209 g/mol. The van der Waals surface area contributed by atoms with Crippen molar-refractivity contribution in [2.45, 2.75) is 6.92 Å². The molecule has 2 rings (SSSR count). The van der Waals surface area contributed by atoms with Gasteiger partial charge in [-0.1, -0.05) is 12.0 Å². The van der Waals surface area contributed by atoms with Gasteiger partial charge in [0, 0.05) is 5.56 Å². The van der Waals surface area contributed by atoms with Gasteiger partial charge < -0.3 is 0 Å². The molecule has 0 amide bonds. The van der Waals surface area contributed by atoms with Crippen LogP contribution in [0.4, 0.5) is 4.39 Å². The fourth-order valence-electron chi connectivity index (χ4n) is 1.08. The minimum absolute atomic E-state index is 0.217. The van der Waals surface area contributed by atoms with Gasteiger partial charge in [-0.3, -0.25) is 4.98 Å². The van der Waals surface area contributed by atoms with Crippen molar-refractivity contribution in [2.24, 2.45) is 0 Å². The van der Waals surface area contributed by atoms with E-state index in [2.05, 4.69) is 16.8 Å². The van der Waals surface area contributed by atoms with E-state index in [4.69, 9.17) is 0 Å². The van der Waals surface area contributed by atoms with Gasteiger partial charge in [-0.25, -0.2) is 4.39 Å². The summed E-state index contributed by atoms with van der Waals surface area (Å²) in [7, 11) is 0. The zero-order chi connectivity index (χ0) is 10.7. The van der Waals surface area contributed by atoms with Gasteiger partial charge in [-0.2, -0.15) is 0 Å². The molecule has 0 spiro atoms. The van der Waals surface area contributed by atoms with Crippen LogP contribution < -0.4 is 0 Å². The summed E-state index contributed by atoms with van der Waals surface area (Å²) in [5.74, 6) is 5.61. The first-order valence-corrected chi connectivity index (χ1v) is 5.30. The van der Waals surface area contributed by atoms with Gasteiger partial charge in [0.25, 0.3) is 0 Å².